The Kier molecular flexibility index (Phi) is 5.20. The number of aromatic nitrogens is 2. The first kappa shape index (κ1) is 18.1. The van der Waals surface area contributed by atoms with Gasteiger partial charge < -0.3 is 5.32 Å². The van der Waals surface area contributed by atoms with Gasteiger partial charge in [-0.15, -0.1) is 0 Å². The van der Waals surface area contributed by atoms with E-state index >= 15 is 0 Å². The molecule has 1 aromatic heterocycles. The molecule has 144 valence electrons. The molecule has 1 aliphatic carbocycles. The summed E-state index contributed by atoms with van der Waals surface area (Å²) in [5.41, 5.74) is 1.85. The van der Waals surface area contributed by atoms with E-state index in [4.69, 9.17) is 0 Å². The maximum atomic E-state index is 13.5. The average molecular weight is 374 g/mol. The summed E-state index contributed by atoms with van der Waals surface area (Å²) < 4.78 is 28.7. The van der Waals surface area contributed by atoms with Gasteiger partial charge in [-0.05, 0) is 43.0 Å². The average Bonchev–Trinajstić information content (AvgIpc) is 3.05. The highest BCUT2D eigenvalue weighted by Crippen LogP contribution is 2.27. The fourth-order valence-electron chi connectivity index (χ4n) is 3.87. The van der Waals surface area contributed by atoms with Crippen molar-refractivity contribution in [1.82, 2.24) is 20.0 Å². The number of halogens is 2. The second-order valence-corrected chi connectivity index (χ2v) is 7.55. The first-order valence-corrected chi connectivity index (χ1v) is 9.56. The lowest BCUT2D eigenvalue weighted by Gasteiger charge is -2.34. The van der Waals surface area contributed by atoms with Gasteiger partial charge >= 0.3 is 0 Å². The van der Waals surface area contributed by atoms with Crippen LogP contribution in [0.5, 0.6) is 0 Å². The maximum Gasteiger partial charge on any atom is 0.223 e. The minimum atomic E-state index is -0.824. The van der Waals surface area contributed by atoms with Crippen LogP contribution >= 0.6 is 0 Å². The van der Waals surface area contributed by atoms with Gasteiger partial charge in [0.1, 0.15) is 0 Å². The van der Waals surface area contributed by atoms with Gasteiger partial charge in [-0.3, -0.25) is 14.4 Å². The van der Waals surface area contributed by atoms with Crippen LogP contribution in [0, 0.1) is 17.6 Å². The molecule has 0 bridgehead atoms. The molecule has 1 fully saturated rings. The largest absolute Gasteiger partial charge is 0.356 e. The molecule has 1 aromatic carbocycles. The number of carbonyl (C=O) groups excluding carboxylic acids is 1. The molecule has 1 atom stereocenters. The van der Waals surface area contributed by atoms with Crippen LogP contribution in [-0.4, -0.2) is 33.7 Å². The number of hydrogen-bond acceptors (Lipinski definition) is 3. The number of nitrogens with zero attached hydrogens (tertiary/aromatic N) is 3. The van der Waals surface area contributed by atoms with Gasteiger partial charge in [-0.1, -0.05) is 12.5 Å². The molecule has 0 spiro atoms. The van der Waals surface area contributed by atoms with Gasteiger partial charge in [0.05, 0.1) is 11.7 Å². The van der Waals surface area contributed by atoms with E-state index in [1.807, 2.05) is 10.7 Å². The Morgan fingerprint density at radius 2 is 2.07 bits per heavy atom. The van der Waals surface area contributed by atoms with Crippen molar-refractivity contribution in [3.8, 4) is 0 Å². The molecule has 2 aliphatic rings. The number of fused-ring (bicyclic) bond motifs is 1. The van der Waals surface area contributed by atoms with Crippen LogP contribution < -0.4 is 5.32 Å². The lowest BCUT2D eigenvalue weighted by molar-refractivity contribution is -0.127. The van der Waals surface area contributed by atoms with Gasteiger partial charge in [0.2, 0.25) is 5.91 Å². The van der Waals surface area contributed by atoms with Crippen molar-refractivity contribution in [3.05, 3.63) is 53.4 Å². The topological polar surface area (TPSA) is 50.2 Å². The highest BCUT2D eigenvalue weighted by Gasteiger charge is 2.27. The molecule has 0 radical (unpaired) electrons. The molecule has 1 aliphatic heterocycles. The van der Waals surface area contributed by atoms with Gasteiger partial charge in [0.15, 0.2) is 11.6 Å². The monoisotopic (exact) mass is 374 g/mol. The van der Waals surface area contributed by atoms with Crippen molar-refractivity contribution in [2.45, 2.75) is 44.8 Å². The highest BCUT2D eigenvalue weighted by molar-refractivity contribution is 5.79. The SMILES string of the molecule is O=C(NCC[C@@H]1CN(Cc2ccc(F)c(F)c2)Cc2ccnn21)C1CCC1. The quantitative estimate of drug-likeness (QED) is 0.846. The third-order valence-electron chi connectivity index (χ3n) is 5.60. The van der Waals surface area contributed by atoms with E-state index in [2.05, 4.69) is 15.3 Å². The molecule has 1 saturated carbocycles. The molecular formula is C20H24F2N4O. The van der Waals surface area contributed by atoms with E-state index < -0.39 is 11.6 Å². The Labute approximate surface area is 157 Å². The van der Waals surface area contributed by atoms with E-state index in [1.165, 1.54) is 12.1 Å². The van der Waals surface area contributed by atoms with Crippen molar-refractivity contribution in [1.29, 1.82) is 0 Å². The molecule has 5 nitrogen and oxygen atoms in total. The van der Waals surface area contributed by atoms with Gasteiger partial charge in [0.25, 0.3) is 0 Å². The van der Waals surface area contributed by atoms with Crippen LogP contribution in [0.1, 0.15) is 43.0 Å². The summed E-state index contributed by atoms with van der Waals surface area (Å²) in [6, 6.07) is 6.19. The fraction of sp³-hybridized carbons (Fsp3) is 0.500. The molecule has 27 heavy (non-hydrogen) atoms. The molecule has 1 N–H and O–H groups in total. The standard InChI is InChI=1S/C20H24F2N4O/c21-18-5-4-14(10-19(18)22)11-25-12-16(26-17(13-25)7-9-24-26)6-8-23-20(27)15-2-1-3-15/h4-5,7,9-10,15-16H,1-3,6,8,11-13H2,(H,23,27)/t16-/m1/s1. The van der Waals surface area contributed by atoms with Gasteiger partial charge in [-0.2, -0.15) is 5.10 Å². The third kappa shape index (κ3) is 4.03. The predicted molar refractivity (Wildman–Crippen MR) is 96.7 cm³/mol. The summed E-state index contributed by atoms with van der Waals surface area (Å²) >= 11 is 0. The minimum Gasteiger partial charge on any atom is -0.356 e. The van der Waals surface area contributed by atoms with Gasteiger partial charge in [-0.25, -0.2) is 8.78 Å². The van der Waals surface area contributed by atoms with Crippen molar-refractivity contribution in [2.24, 2.45) is 5.92 Å². The lowest BCUT2D eigenvalue weighted by Crippen LogP contribution is -2.40. The Hall–Kier alpha value is -2.28. The Morgan fingerprint density at radius 3 is 2.81 bits per heavy atom. The predicted octanol–water partition coefficient (Wildman–Crippen LogP) is 3.02. The molecule has 7 heteroatoms. The summed E-state index contributed by atoms with van der Waals surface area (Å²) in [7, 11) is 0. The van der Waals surface area contributed by atoms with E-state index in [9.17, 15) is 13.6 Å². The molecule has 2 aromatic rings. The first-order valence-electron chi connectivity index (χ1n) is 9.56. The van der Waals surface area contributed by atoms with Crippen LogP contribution in [0.2, 0.25) is 0 Å². The normalized spacial score (nSPS) is 20.1. The summed E-state index contributed by atoms with van der Waals surface area (Å²) in [5, 5.41) is 7.48. The minimum absolute atomic E-state index is 0.149. The molecule has 0 saturated heterocycles. The molecule has 0 unspecified atom stereocenters. The second kappa shape index (κ2) is 7.76. The molecule has 2 heterocycles. The van der Waals surface area contributed by atoms with E-state index in [-0.39, 0.29) is 17.9 Å². The van der Waals surface area contributed by atoms with Crippen molar-refractivity contribution >= 4 is 5.91 Å². The molecular weight excluding hydrogens is 350 g/mol. The van der Waals surface area contributed by atoms with Crippen molar-refractivity contribution in [3.63, 3.8) is 0 Å². The maximum absolute atomic E-state index is 13.5. The Morgan fingerprint density at radius 1 is 1.22 bits per heavy atom. The fourth-order valence-corrected chi connectivity index (χ4v) is 3.87. The summed E-state index contributed by atoms with van der Waals surface area (Å²) in [6.45, 7) is 2.64. The van der Waals surface area contributed by atoms with E-state index in [0.29, 0.717) is 19.6 Å². The molecule has 4 rings (SSSR count). The van der Waals surface area contributed by atoms with E-state index in [1.54, 1.807) is 12.3 Å². The second-order valence-electron chi connectivity index (χ2n) is 7.55. The van der Waals surface area contributed by atoms with Crippen molar-refractivity contribution < 1.29 is 13.6 Å². The number of nitrogens with one attached hydrogen (secondary N) is 1. The zero-order chi connectivity index (χ0) is 18.8. The summed E-state index contributed by atoms with van der Waals surface area (Å²) in [6.07, 6.45) is 5.73. The zero-order valence-electron chi connectivity index (χ0n) is 15.2. The van der Waals surface area contributed by atoms with E-state index in [0.717, 1.165) is 43.5 Å². The number of amides is 1. The van der Waals surface area contributed by atoms with Crippen LogP contribution in [0.4, 0.5) is 8.78 Å². The summed E-state index contributed by atoms with van der Waals surface area (Å²) in [4.78, 5) is 14.2. The van der Waals surface area contributed by atoms with Crippen LogP contribution in [-0.2, 0) is 17.9 Å². The zero-order valence-corrected chi connectivity index (χ0v) is 15.2. The smallest absolute Gasteiger partial charge is 0.223 e. The summed E-state index contributed by atoms with van der Waals surface area (Å²) in [5.74, 6) is -1.28. The Balaban J connectivity index is 1.38. The first-order chi connectivity index (χ1) is 13.1. The highest BCUT2D eigenvalue weighted by atomic mass is 19.2. The molecule has 1 amide bonds. The lowest BCUT2D eigenvalue weighted by atomic mass is 9.85. The Bertz CT molecular complexity index is 818. The number of carbonyl (C=O) groups is 1. The third-order valence-corrected chi connectivity index (χ3v) is 5.60. The van der Waals surface area contributed by atoms with Crippen LogP contribution in [0.15, 0.2) is 30.5 Å². The number of rotatable bonds is 6. The van der Waals surface area contributed by atoms with Crippen LogP contribution in [0.25, 0.3) is 0 Å². The number of benzene rings is 1. The van der Waals surface area contributed by atoms with Crippen LogP contribution in [0.3, 0.4) is 0 Å². The number of hydrogen-bond donors (Lipinski definition) is 1. The van der Waals surface area contributed by atoms with Crippen molar-refractivity contribution in [2.75, 3.05) is 13.1 Å². The van der Waals surface area contributed by atoms with Gasteiger partial charge in [0, 0.05) is 38.3 Å².